The molecule has 1 atom stereocenters. The maximum Gasteiger partial charge on any atom is 0.273 e. The first-order valence-electron chi connectivity index (χ1n) is 6.95. The molecular weight excluding hydrogens is 260 g/mol. The van der Waals surface area contributed by atoms with Gasteiger partial charge in [-0.3, -0.25) is 9.69 Å². The molecule has 0 spiro atoms. The smallest absolute Gasteiger partial charge is 0.273 e. The molecule has 0 aliphatic carbocycles. The highest BCUT2D eigenvalue weighted by molar-refractivity contribution is 7.09. The number of amides is 1. The van der Waals surface area contributed by atoms with Crippen LogP contribution in [0.2, 0.25) is 0 Å². The molecular formula is C13H20N4OS. The molecule has 6 heteroatoms. The highest BCUT2D eigenvalue weighted by Gasteiger charge is 2.31. The Morgan fingerprint density at radius 3 is 3.05 bits per heavy atom. The van der Waals surface area contributed by atoms with Gasteiger partial charge in [0.2, 0.25) is 0 Å². The number of carbonyl (C=O) groups is 1. The van der Waals surface area contributed by atoms with E-state index >= 15 is 0 Å². The molecule has 19 heavy (non-hydrogen) atoms. The molecule has 2 N–H and O–H groups in total. The van der Waals surface area contributed by atoms with E-state index in [-0.39, 0.29) is 5.91 Å². The maximum absolute atomic E-state index is 12.5. The minimum atomic E-state index is 0.0738. The van der Waals surface area contributed by atoms with Crippen molar-refractivity contribution in [3.63, 3.8) is 0 Å². The summed E-state index contributed by atoms with van der Waals surface area (Å²) < 4.78 is 0. The molecule has 1 aromatic rings. The van der Waals surface area contributed by atoms with Crippen molar-refractivity contribution in [2.24, 2.45) is 5.73 Å². The lowest BCUT2D eigenvalue weighted by Crippen LogP contribution is -2.39. The van der Waals surface area contributed by atoms with E-state index in [1.54, 1.807) is 0 Å². The first kappa shape index (κ1) is 13.0. The first-order valence-corrected chi connectivity index (χ1v) is 7.83. The van der Waals surface area contributed by atoms with Crippen LogP contribution in [0.5, 0.6) is 0 Å². The van der Waals surface area contributed by atoms with E-state index in [2.05, 4.69) is 9.88 Å². The van der Waals surface area contributed by atoms with Gasteiger partial charge in [-0.05, 0) is 25.8 Å². The lowest BCUT2D eigenvalue weighted by Gasteiger charge is -2.25. The maximum atomic E-state index is 12.5. The number of carbonyl (C=O) groups excluding carboxylic acids is 1. The SMILES string of the molecule is NCc1nc(C(=O)N2CCCN3CCCC3C2)cs1. The van der Waals surface area contributed by atoms with Gasteiger partial charge in [0.15, 0.2) is 0 Å². The quantitative estimate of drug-likeness (QED) is 0.875. The normalized spacial score (nSPS) is 24.3. The van der Waals surface area contributed by atoms with Crippen LogP contribution < -0.4 is 5.73 Å². The first-order chi connectivity index (χ1) is 9.28. The second kappa shape index (κ2) is 5.56. The van der Waals surface area contributed by atoms with Crippen LogP contribution in [-0.2, 0) is 6.54 Å². The molecule has 2 aliphatic rings. The molecule has 0 aromatic carbocycles. The molecule has 1 unspecified atom stereocenters. The Morgan fingerprint density at radius 2 is 2.26 bits per heavy atom. The number of thiazole rings is 1. The van der Waals surface area contributed by atoms with Crippen LogP contribution in [0.15, 0.2) is 5.38 Å². The summed E-state index contributed by atoms with van der Waals surface area (Å²) in [5.41, 5.74) is 6.12. The minimum absolute atomic E-state index is 0.0738. The molecule has 1 aromatic heterocycles. The molecule has 2 saturated heterocycles. The predicted octanol–water partition coefficient (Wildman–Crippen LogP) is 0.912. The fourth-order valence-corrected chi connectivity index (χ4v) is 3.70. The number of hydrogen-bond donors (Lipinski definition) is 1. The van der Waals surface area contributed by atoms with Crippen molar-refractivity contribution >= 4 is 17.2 Å². The van der Waals surface area contributed by atoms with E-state index in [9.17, 15) is 4.79 Å². The van der Waals surface area contributed by atoms with Crippen LogP contribution >= 0.6 is 11.3 Å². The topological polar surface area (TPSA) is 62.5 Å². The molecule has 5 nitrogen and oxygen atoms in total. The van der Waals surface area contributed by atoms with E-state index in [1.165, 1.54) is 30.7 Å². The van der Waals surface area contributed by atoms with Crippen molar-refractivity contribution < 1.29 is 4.79 Å². The molecule has 2 aliphatic heterocycles. The van der Waals surface area contributed by atoms with Gasteiger partial charge >= 0.3 is 0 Å². The summed E-state index contributed by atoms with van der Waals surface area (Å²) in [6, 6.07) is 0.555. The van der Waals surface area contributed by atoms with Crippen LogP contribution in [0, 0.1) is 0 Å². The van der Waals surface area contributed by atoms with Crippen molar-refractivity contribution in [1.82, 2.24) is 14.8 Å². The summed E-state index contributed by atoms with van der Waals surface area (Å²) >= 11 is 1.47. The Labute approximate surface area is 117 Å². The Hall–Kier alpha value is -0.980. The van der Waals surface area contributed by atoms with Crippen LogP contribution in [0.1, 0.15) is 34.8 Å². The van der Waals surface area contributed by atoms with Crippen molar-refractivity contribution in [3.05, 3.63) is 16.1 Å². The number of nitrogens with two attached hydrogens (primary N) is 1. The Balaban J connectivity index is 1.71. The predicted molar refractivity (Wildman–Crippen MR) is 75.1 cm³/mol. The highest BCUT2D eigenvalue weighted by Crippen LogP contribution is 2.22. The summed E-state index contributed by atoms with van der Waals surface area (Å²) in [6.45, 7) is 4.43. The molecule has 3 rings (SSSR count). The van der Waals surface area contributed by atoms with E-state index in [0.717, 1.165) is 31.1 Å². The lowest BCUT2D eigenvalue weighted by molar-refractivity contribution is 0.0738. The van der Waals surface area contributed by atoms with Gasteiger partial charge in [-0.1, -0.05) is 0 Å². The standard InChI is InChI=1S/C13H20N4OS/c14-7-12-15-11(9-19-12)13(18)17-6-2-5-16-4-1-3-10(16)8-17/h9-10H,1-8,14H2. The average Bonchev–Trinajstić information content (AvgIpc) is 3.03. The van der Waals surface area contributed by atoms with Gasteiger partial charge in [-0.15, -0.1) is 11.3 Å². The minimum Gasteiger partial charge on any atom is -0.336 e. The summed E-state index contributed by atoms with van der Waals surface area (Å²) in [5.74, 6) is 0.0738. The Kier molecular flexibility index (Phi) is 3.81. The zero-order valence-electron chi connectivity index (χ0n) is 11.0. The fourth-order valence-electron chi connectivity index (χ4n) is 3.06. The lowest BCUT2D eigenvalue weighted by atomic mass is 10.2. The van der Waals surface area contributed by atoms with Gasteiger partial charge in [0.05, 0.1) is 0 Å². The number of rotatable bonds is 2. The summed E-state index contributed by atoms with van der Waals surface area (Å²) in [5, 5.41) is 2.67. The van der Waals surface area contributed by atoms with Crippen LogP contribution in [0.3, 0.4) is 0 Å². The van der Waals surface area contributed by atoms with E-state index < -0.39 is 0 Å². The average molecular weight is 280 g/mol. The third-order valence-electron chi connectivity index (χ3n) is 4.04. The molecule has 1 amide bonds. The monoisotopic (exact) mass is 280 g/mol. The van der Waals surface area contributed by atoms with Gasteiger partial charge in [0, 0.05) is 37.6 Å². The van der Waals surface area contributed by atoms with E-state index in [0.29, 0.717) is 18.3 Å². The zero-order chi connectivity index (χ0) is 13.2. The summed E-state index contributed by atoms with van der Waals surface area (Å²) in [6.07, 6.45) is 3.55. The number of hydrogen-bond acceptors (Lipinski definition) is 5. The van der Waals surface area contributed by atoms with Crippen LogP contribution in [-0.4, -0.2) is 52.9 Å². The molecule has 0 saturated carbocycles. The van der Waals surface area contributed by atoms with E-state index in [1.807, 2.05) is 10.3 Å². The van der Waals surface area contributed by atoms with Crippen molar-refractivity contribution in [2.75, 3.05) is 26.2 Å². The zero-order valence-corrected chi connectivity index (χ0v) is 11.9. The van der Waals surface area contributed by atoms with Gasteiger partial charge in [-0.2, -0.15) is 0 Å². The van der Waals surface area contributed by atoms with Gasteiger partial charge in [0.25, 0.3) is 5.91 Å². The second-order valence-electron chi connectivity index (χ2n) is 5.27. The number of fused-ring (bicyclic) bond motifs is 1. The van der Waals surface area contributed by atoms with Crippen LogP contribution in [0.25, 0.3) is 0 Å². The van der Waals surface area contributed by atoms with Crippen molar-refractivity contribution in [2.45, 2.75) is 31.8 Å². The third kappa shape index (κ3) is 2.66. The van der Waals surface area contributed by atoms with Crippen molar-refractivity contribution in [1.29, 1.82) is 0 Å². The number of nitrogens with zero attached hydrogens (tertiary/aromatic N) is 3. The Bertz CT molecular complexity index is 461. The summed E-state index contributed by atoms with van der Waals surface area (Å²) in [4.78, 5) is 21.3. The highest BCUT2D eigenvalue weighted by atomic mass is 32.1. The third-order valence-corrected chi connectivity index (χ3v) is 4.91. The number of aromatic nitrogens is 1. The van der Waals surface area contributed by atoms with Crippen molar-refractivity contribution in [3.8, 4) is 0 Å². The molecule has 2 fully saturated rings. The molecule has 0 radical (unpaired) electrons. The van der Waals surface area contributed by atoms with E-state index in [4.69, 9.17) is 5.73 Å². The molecule has 3 heterocycles. The fraction of sp³-hybridized carbons (Fsp3) is 0.692. The molecule has 104 valence electrons. The summed E-state index contributed by atoms with van der Waals surface area (Å²) in [7, 11) is 0. The Morgan fingerprint density at radius 1 is 1.42 bits per heavy atom. The van der Waals surface area contributed by atoms with Gasteiger partial charge in [-0.25, -0.2) is 4.98 Å². The van der Waals surface area contributed by atoms with Gasteiger partial charge in [0.1, 0.15) is 10.7 Å². The largest absolute Gasteiger partial charge is 0.336 e. The van der Waals surface area contributed by atoms with Crippen LogP contribution in [0.4, 0.5) is 0 Å². The molecule has 0 bridgehead atoms. The van der Waals surface area contributed by atoms with Gasteiger partial charge < -0.3 is 10.6 Å². The second-order valence-corrected chi connectivity index (χ2v) is 6.21.